The lowest BCUT2D eigenvalue weighted by Crippen LogP contribution is -2.52. The average Bonchev–Trinajstić information content (AvgIpc) is 3.22. The van der Waals surface area contributed by atoms with Gasteiger partial charge in [-0.25, -0.2) is 0 Å². The number of carbonyl (C=O) groups is 3. The summed E-state index contributed by atoms with van der Waals surface area (Å²) >= 11 is 0. The Bertz CT molecular complexity index is 1030. The van der Waals surface area contributed by atoms with Gasteiger partial charge in [-0.15, -0.1) is 0 Å². The summed E-state index contributed by atoms with van der Waals surface area (Å²) in [4.78, 5) is 41.2. The van der Waals surface area contributed by atoms with Gasteiger partial charge < -0.3 is 23.8 Å². The zero-order valence-electron chi connectivity index (χ0n) is 20.5. The van der Waals surface area contributed by atoms with E-state index in [4.69, 9.17) is 24.5 Å². The van der Waals surface area contributed by atoms with Crippen LogP contribution in [0.4, 0.5) is 0 Å². The number of fused-ring (bicyclic) bond motifs is 1. The molecule has 2 atom stereocenters. The van der Waals surface area contributed by atoms with Crippen LogP contribution in [0.1, 0.15) is 28.8 Å². The highest BCUT2D eigenvalue weighted by Crippen LogP contribution is 2.31. The molecule has 0 radical (unpaired) electrons. The zero-order chi connectivity index (χ0) is 26.5. The first-order valence-corrected chi connectivity index (χ1v) is 13.3. The van der Waals surface area contributed by atoms with Crippen LogP contribution in [0.15, 0.2) is 28.2 Å². The molecule has 0 aliphatic carbocycles. The number of piperidine rings is 1. The molecule has 1 N–H and O–H groups in total. The van der Waals surface area contributed by atoms with Crippen LogP contribution in [0.5, 0.6) is 0 Å². The zero-order valence-corrected chi connectivity index (χ0v) is 21.3. The monoisotopic (exact) mass is 537 g/mol. The van der Waals surface area contributed by atoms with Gasteiger partial charge in [0.25, 0.3) is 5.91 Å². The SMILES string of the molecule is [N-]=[N+]=NCCOCCOCCOCCOCCS(=O)c1cccc2c1CN(C1CCC(=O)NC1=O)C2=O. The van der Waals surface area contributed by atoms with Gasteiger partial charge in [0.1, 0.15) is 6.04 Å². The summed E-state index contributed by atoms with van der Waals surface area (Å²) in [5.74, 6) is -0.854. The molecular weight excluding hydrogens is 506 g/mol. The highest BCUT2D eigenvalue weighted by atomic mass is 32.2. The number of nitrogens with one attached hydrogen (secondary N) is 1. The molecule has 0 spiro atoms. The predicted molar refractivity (Wildman–Crippen MR) is 131 cm³/mol. The van der Waals surface area contributed by atoms with Crippen LogP contribution in [0.3, 0.4) is 0 Å². The van der Waals surface area contributed by atoms with Crippen LogP contribution < -0.4 is 5.32 Å². The van der Waals surface area contributed by atoms with E-state index in [9.17, 15) is 18.6 Å². The van der Waals surface area contributed by atoms with E-state index in [0.717, 1.165) is 0 Å². The Balaban J connectivity index is 1.30. The standard InChI is InChI=1S/C23H31N5O8S/c24-27-25-6-7-33-8-9-34-10-11-35-12-13-36-14-15-37(32)20-3-1-2-17-18(20)16-28(23(17)31)19-4-5-21(29)26-22(19)30/h1-3,19H,4-16H2,(H,26,29,30). The molecule has 2 heterocycles. The van der Waals surface area contributed by atoms with E-state index in [0.29, 0.717) is 68.8 Å². The van der Waals surface area contributed by atoms with E-state index >= 15 is 0 Å². The van der Waals surface area contributed by atoms with E-state index in [-0.39, 0.29) is 43.6 Å². The lowest BCUT2D eigenvalue weighted by molar-refractivity contribution is -0.136. The van der Waals surface area contributed by atoms with Gasteiger partial charge in [-0.2, -0.15) is 0 Å². The summed E-state index contributed by atoms with van der Waals surface area (Å²) in [6.07, 6.45) is 0.457. The lowest BCUT2D eigenvalue weighted by Gasteiger charge is -2.29. The van der Waals surface area contributed by atoms with Crippen LogP contribution in [-0.2, 0) is 45.9 Å². The minimum absolute atomic E-state index is 0.180. The number of nitrogens with zero attached hydrogens (tertiary/aromatic N) is 4. The van der Waals surface area contributed by atoms with Crippen molar-refractivity contribution in [3.05, 3.63) is 39.8 Å². The van der Waals surface area contributed by atoms with Crippen LogP contribution in [-0.4, -0.2) is 98.0 Å². The van der Waals surface area contributed by atoms with Crippen molar-refractivity contribution in [1.29, 1.82) is 0 Å². The van der Waals surface area contributed by atoms with Crippen LogP contribution in [0.25, 0.3) is 10.4 Å². The first-order valence-electron chi connectivity index (χ1n) is 12.0. The highest BCUT2D eigenvalue weighted by molar-refractivity contribution is 7.85. The predicted octanol–water partition coefficient (Wildman–Crippen LogP) is 0.932. The smallest absolute Gasteiger partial charge is 0.255 e. The Kier molecular flexibility index (Phi) is 11.9. The molecule has 1 aromatic rings. The fourth-order valence-corrected chi connectivity index (χ4v) is 5.10. The molecule has 0 aromatic heterocycles. The van der Waals surface area contributed by atoms with Gasteiger partial charge in [-0.1, -0.05) is 11.2 Å². The van der Waals surface area contributed by atoms with Crippen molar-refractivity contribution in [3.8, 4) is 0 Å². The van der Waals surface area contributed by atoms with Gasteiger partial charge in [0, 0.05) is 40.4 Å². The molecule has 1 fully saturated rings. The minimum Gasteiger partial charge on any atom is -0.379 e. The van der Waals surface area contributed by atoms with Gasteiger partial charge >= 0.3 is 0 Å². The fourth-order valence-electron chi connectivity index (χ4n) is 3.93. The molecule has 3 rings (SSSR count). The molecule has 202 valence electrons. The Hall–Kier alpha value is -2.87. The van der Waals surface area contributed by atoms with Crippen molar-refractivity contribution in [3.63, 3.8) is 0 Å². The molecule has 37 heavy (non-hydrogen) atoms. The van der Waals surface area contributed by atoms with Crippen molar-refractivity contribution in [2.24, 2.45) is 5.11 Å². The number of amides is 3. The molecule has 0 bridgehead atoms. The van der Waals surface area contributed by atoms with E-state index in [1.807, 2.05) is 0 Å². The van der Waals surface area contributed by atoms with E-state index in [1.54, 1.807) is 18.2 Å². The van der Waals surface area contributed by atoms with E-state index in [2.05, 4.69) is 15.3 Å². The first-order chi connectivity index (χ1) is 18.0. The Labute approximate surface area is 216 Å². The third-order valence-corrected chi connectivity index (χ3v) is 7.12. The second-order valence-electron chi connectivity index (χ2n) is 8.14. The number of benzene rings is 1. The number of imide groups is 1. The Morgan fingerprint density at radius 3 is 2.30 bits per heavy atom. The normalized spacial score (nSPS) is 17.9. The van der Waals surface area contributed by atoms with Crippen molar-refractivity contribution < 1.29 is 37.5 Å². The van der Waals surface area contributed by atoms with Crippen LogP contribution in [0, 0.1) is 0 Å². The summed E-state index contributed by atoms with van der Waals surface area (Å²) < 4.78 is 34.4. The number of azide groups is 1. The second kappa shape index (κ2) is 15.4. The molecule has 14 heteroatoms. The molecule has 2 aliphatic rings. The quantitative estimate of drug-likeness (QED) is 0.101. The molecule has 2 unspecified atom stereocenters. The molecule has 3 amide bonds. The molecular formula is C23H31N5O8S. The largest absolute Gasteiger partial charge is 0.379 e. The summed E-state index contributed by atoms with van der Waals surface area (Å²) in [6.45, 7) is 3.45. The summed E-state index contributed by atoms with van der Waals surface area (Å²) in [7, 11) is -1.39. The summed E-state index contributed by atoms with van der Waals surface area (Å²) in [5, 5.41) is 5.64. The van der Waals surface area contributed by atoms with Gasteiger partial charge in [-0.3, -0.25) is 23.9 Å². The van der Waals surface area contributed by atoms with E-state index in [1.165, 1.54) is 4.90 Å². The van der Waals surface area contributed by atoms with E-state index < -0.39 is 22.7 Å². The van der Waals surface area contributed by atoms with Gasteiger partial charge in [0.05, 0.1) is 69.4 Å². The second-order valence-corrected chi connectivity index (χ2v) is 9.67. The van der Waals surface area contributed by atoms with Crippen molar-refractivity contribution in [1.82, 2.24) is 10.2 Å². The van der Waals surface area contributed by atoms with Gasteiger partial charge in [-0.05, 0) is 24.1 Å². The Morgan fingerprint density at radius 1 is 1.00 bits per heavy atom. The minimum atomic E-state index is -1.39. The molecule has 2 aliphatic heterocycles. The molecule has 0 saturated carbocycles. The maximum atomic E-state index is 12.9. The third kappa shape index (κ3) is 8.59. The average molecular weight is 538 g/mol. The Morgan fingerprint density at radius 2 is 1.65 bits per heavy atom. The highest BCUT2D eigenvalue weighted by Gasteiger charge is 2.40. The van der Waals surface area contributed by atoms with Gasteiger partial charge in [0.15, 0.2) is 0 Å². The summed E-state index contributed by atoms with van der Waals surface area (Å²) in [6, 6.07) is 4.37. The number of rotatable bonds is 17. The number of hydrogen-bond acceptors (Lipinski definition) is 9. The number of ether oxygens (including phenoxy) is 4. The fraction of sp³-hybridized carbons (Fsp3) is 0.609. The van der Waals surface area contributed by atoms with Crippen molar-refractivity contribution >= 4 is 28.5 Å². The molecule has 13 nitrogen and oxygen atoms in total. The lowest BCUT2D eigenvalue weighted by atomic mass is 10.0. The van der Waals surface area contributed by atoms with Crippen molar-refractivity contribution in [2.45, 2.75) is 30.3 Å². The maximum absolute atomic E-state index is 12.9. The number of carbonyl (C=O) groups excluding carboxylic acids is 3. The maximum Gasteiger partial charge on any atom is 0.255 e. The molecule has 1 saturated heterocycles. The van der Waals surface area contributed by atoms with Crippen LogP contribution >= 0.6 is 0 Å². The van der Waals surface area contributed by atoms with Gasteiger partial charge in [0.2, 0.25) is 11.8 Å². The van der Waals surface area contributed by atoms with Crippen molar-refractivity contribution in [2.75, 3.05) is 65.2 Å². The topological polar surface area (TPSA) is 169 Å². The third-order valence-electron chi connectivity index (χ3n) is 5.71. The summed E-state index contributed by atoms with van der Waals surface area (Å²) in [5.41, 5.74) is 9.23. The molecule has 1 aromatic carbocycles. The first kappa shape index (κ1) is 28.7. The van der Waals surface area contributed by atoms with Crippen LogP contribution in [0.2, 0.25) is 0 Å². The number of hydrogen-bond donors (Lipinski definition) is 1.